The molecule has 0 N–H and O–H groups in total. The normalized spacial score (nSPS) is 25.5. The molecule has 1 aliphatic carbocycles. The van der Waals surface area contributed by atoms with Crippen molar-refractivity contribution < 1.29 is 0 Å². The van der Waals surface area contributed by atoms with Crippen molar-refractivity contribution in [2.75, 3.05) is 0 Å². The van der Waals surface area contributed by atoms with Crippen LogP contribution >= 0.6 is 34.8 Å². The molecule has 2 unspecified atom stereocenters. The molecule has 2 rings (SSSR count). The molecule has 0 aromatic heterocycles. The summed E-state index contributed by atoms with van der Waals surface area (Å²) in [4.78, 5) is -0.462. The van der Waals surface area contributed by atoms with Gasteiger partial charge in [0.1, 0.15) is 0 Å². The molecule has 0 fully saturated rings. The first-order chi connectivity index (χ1) is 8.01. The number of allylic oxidation sites excluding steroid dienone is 4. The Hall–Kier alpha value is -0.430. The first-order valence-corrected chi connectivity index (χ1v) is 6.63. The minimum absolute atomic E-state index is 0.154. The molecule has 0 amide bonds. The van der Waals surface area contributed by atoms with Crippen LogP contribution in [0.5, 0.6) is 0 Å². The summed E-state index contributed by atoms with van der Waals surface area (Å²) in [7, 11) is 0. The van der Waals surface area contributed by atoms with Crippen molar-refractivity contribution in [3.63, 3.8) is 0 Å². The second-order valence-electron chi connectivity index (χ2n) is 4.35. The van der Waals surface area contributed by atoms with Gasteiger partial charge in [0.15, 0.2) is 0 Å². The topological polar surface area (TPSA) is 0 Å². The van der Waals surface area contributed by atoms with E-state index in [1.54, 1.807) is 0 Å². The lowest BCUT2D eigenvalue weighted by Gasteiger charge is -2.32. The molecular weight excluding hydrogens is 275 g/mol. The molecule has 1 aromatic carbocycles. The van der Waals surface area contributed by atoms with E-state index in [-0.39, 0.29) is 5.92 Å². The van der Waals surface area contributed by atoms with Crippen LogP contribution in [-0.4, -0.2) is 4.87 Å². The lowest BCUT2D eigenvalue weighted by Crippen LogP contribution is -2.27. The van der Waals surface area contributed by atoms with E-state index in [0.29, 0.717) is 6.42 Å². The molecular formula is C14H13Cl3. The molecule has 2 atom stereocenters. The summed E-state index contributed by atoms with van der Waals surface area (Å²) in [6.07, 6.45) is 6.46. The fourth-order valence-corrected chi connectivity index (χ4v) is 2.94. The van der Waals surface area contributed by atoms with Gasteiger partial charge in [-0.2, -0.15) is 0 Å². The Balaban J connectivity index is 2.29. The van der Waals surface area contributed by atoms with Gasteiger partial charge in [-0.1, -0.05) is 54.4 Å². The summed E-state index contributed by atoms with van der Waals surface area (Å²) < 4.78 is 0. The Morgan fingerprint density at radius 2 is 2.06 bits per heavy atom. The standard InChI is InChI=1S/C14H13Cl3/c1-10(11-4-2-5-12(15)8-11)14(17)7-3-6-13(16)9-14/h2-8,10H,9H2,1H3. The van der Waals surface area contributed by atoms with Crippen molar-refractivity contribution in [3.8, 4) is 0 Å². The first-order valence-electron chi connectivity index (χ1n) is 5.49. The van der Waals surface area contributed by atoms with Gasteiger partial charge in [0.25, 0.3) is 0 Å². The van der Waals surface area contributed by atoms with Gasteiger partial charge in [-0.15, -0.1) is 11.6 Å². The van der Waals surface area contributed by atoms with E-state index in [2.05, 4.69) is 6.92 Å². The summed E-state index contributed by atoms with van der Waals surface area (Å²) in [6.45, 7) is 2.10. The van der Waals surface area contributed by atoms with Gasteiger partial charge >= 0.3 is 0 Å². The smallest absolute Gasteiger partial charge is 0.0743 e. The first kappa shape index (κ1) is 13.0. The van der Waals surface area contributed by atoms with E-state index < -0.39 is 4.87 Å². The quantitative estimate of drug-likeness (QED) is 0.630. The highest BCUT2D eigenvalue weighted by atomic mass is 35.5. The number of hydrogen-bond donors (Lipinski definition) is 0. The maximum absolute atomic E-state index is 6.65. The molecule has 1 aliphatic rings. The van der Waals surface area contributed by atoms with E-state index in [1.165, 1.54) is 0 Å². The SMILES string of the molecule is CC(c1cccc(Cl)c1)C1(Cl)C=CC=C(Cl)C1. The van der Waals surface area contributed by atoms with Gasteiger partial charge in [-0.25, -0.2) is 0 Å². The van der Waals surface area contributed by atoms with Gasteiger partial charge in [0.05, 0.1) is 4.87 Å². The summed E-state index contributed by atoms with van der Waals surface area (Å²) in [5.74, 6) is 0.154. The van der Waals surface area contributed by atoms with Crippen LogP contribution in [0.15, 0.2) is 47.5 Å². The minimum atomic E-state index is -0.462. The number of hydrogen-bond acceptors (Lipinski definition) is 0. The number of halogens is 3. The van der Waals surface area contributed by atoms with E-state index >= 15 is 0 Å². The molecule has 0 radical (unpaired) electrons. The minimum Gasteiger partial charge on any atom is -0.114 e. The van der Waals surface area contributed by atoms with Crippen LogP contribution in [0.25, 0.3) is 0 Å². The number of benzene rings is 1. The zero-order chi connectivity index (χ0) is 12.5. The molecule has 17 heavy (non-hydrogen) atoms. The number of alkyl halides is 1. The van der Waals surface area contributed by atoms with Gasteiger partial charge in [0.2, 0.25) is 0 Å². The summed E-state index contributed by atoms with van der Waals surface area (Å²) in [6, 6.07) is 7.80. The van der Waals surface area contributed by atoms with Crippen LogP contribution < -0.4 is 0 Å². The Labute approximate surface area is 117 Å². The van der Waals surface area contributed by atoms with Crippen LogP contribution in [-0.2, 0) is 0 Å². The highest BCUT2D eigenvalue weighted by Crippen LogP contribution is 2.43. The van der Waals surface area contributed by atoms with Crippen molar-refractivity contribution in [2.45, 2.75) is 24.1 Å². The van der Waals surface area contributed by atoms with E-state index in [0.717, 1.165) is 15.6 Å². The Morgan fingerprint density at radius 1 is 1.29 bits per heavy atom. The number of rotatable bonds is 2. The predicted molar refractivity (Wildman–Crippen MR) is 76.1 cm³/mol. The van der Waals surface area contributed by atoms with Crippen molar-refractivity contribution in [2.24, 2.45) is 0 Å². The maximum atomic E-state index is 6.65. The lowest BCUT2D eigenvalue weighted by atomic mass is 9.82. The van der Waals surface area contributed by atoms with Gasteiger partial charge in [0, 0.05) is 22.4 Å². The molecule has 0 aliphatic heterocycles. The van der Waals surface area contributed by atoms with Gasteiger partial charge < -0.3 is 0 Å². The third kappa shape index (κ3) is 2.88. The highest BCUT2D eigenvalue weighted by Gasteiger charge is 2.34. The fourth-order valence-electron chi connectivity index (χ4n) is 2.04. The Kier molecular flexibility index (Phi) is 3.87. The van der Waals surface area contributed by atoms with E-state index in [1.807, 2.05) is 42.5 Å². The van der Waals surface area contributed by atoms with Crippen LogP contribution in [0, 0.1) is 0 Å². The third-order valence-corrected chi connectivity index (χ3v) is 4.24. The average molecular weight is 288 g/mol. The van der Waals surface area contributed by atoms with Crippen LogP contribution in [0.3, 0.4) is 0 Å². The Morgan fingerprint density at radius 3 is 2.71 bits per heavy atom. The maximum Gasteiger partial charge on any atom is 0.0743 e. The zero-order valence-corrected chi connectivity index (χ0v) is 11.7. The van der Waals surface area contributed by atoms with Crippen LogP contribution in [0.2, 0.25) is 5.02 Å². The predicted octanol–water partition coefficient (Wildman–Crippen LogP) is 5.50. The lowest BCUT2D eigenvalue weighted by molar-refractivity contribution is 0.578. The monoisotopic (exact) mass is 286 g/mol. The largest absolute Gasteiger partial charge is 0.114 e. The fraction of sp³-hybridized carbons (Fsp3) is 0.286. The molecule has 3 heteroatoms. The van der Waals surface area contributed by atoms with Crippen molar-refractivity contribution >= 4 is 34.8 Å². The molecule has 0 saturated carbocycles. The molecule has 0 heterocycles. The van der Waals surface area contributed by atoms with E-state index in [4.69, 9.17) is 34.8 Å². The summed E-state index contributed by atoms with van der Waals surface area (Å²) in [5, 5.41) is 1.52. The van der Waals surface area contributed by atoms with E-state index in [9.17, 15) is 0 Å². The van der Waals surface area contributed by atoms with Crippen molar-refractivity contribution in [3.05, 3.63) is 58.1 Å². The van der Waals surface area contributed by atoms with Gasteiger partial charge in [-0.3, -0.25) is 0 Å². The second-order valence-corrected chi connectivity index (χ2v) is 5.98. The Bertz CT molecular complexity index is 476. The van der Waals surface area contributed by atoms with Gasteiger partial charge in [-0.05, 0) is 23.8 Å². The highest BCUT2D eigenvalue weighted by molar-refractivity contribution is 6.32. The van der Waals surface area contributed by atoms with Crippen LogP contribution in [0.4, 0.5) is 0 Å². The molecule has 0 spiro atoms. The molecule has 0 saturated heterocycles. The average Bonchev–Trinajstić information content (AvgIpc) is 2.27. The van der Waals surface area contributed by atoms with Crippen molar-refractivity contribution in [1.29, 1.82) is 0 Å². The molecule has 0 bridgehead atoms. The summed E-state index contributed by atoms with van der Waals surface area (Å²) >= 11 is 18.7. The molecule has 0 nitrogen and oxygen atoms in total. The molecule has 90 valence electrons. The third-order valence-electron chi connectivity index (χ3n) is 3.16. The second kappa shape index (κ2) is 5.06. The zero-order valence-electron chi connectivity index (χ0n) is 9.46. The molecule has 1 aromatic rings. The van der Waals surface area contributed by atoms with Crippen molar-refractivity contribution in [1.82, 2.24) is 0 Å². The summed E-state index contributed by atoms with van der Waals surface area (Å²) in [5.41, 5.74) is 1.13. The van der Waals surface area contributed by atoms with Crippen LogP contribution in [0.1, 0.15) is 24.8 Å².